The standard InChI is InChI=1S/C14H11ClO2S/c15-12-4-1-5-13(8-12)17-9-14-7-11(10-18-14)3-2-6-16/h1,4-5,7-8,10,16H,6,9H2. The molecule has 1 aromatic heterocycles. The van der Waals surface area contributed by atoms with Crippen LogP contribution in [0, 0.1) is 11.8 Å². The van der Waals surface area contributed by atoms with Crippen molar-refractivity contribution in [3.05, 3.63) is 51.2 Å². The molecule has 0 aliphatic rings. The number of benzene rings is 1. The van der Waals surface area contributed by atoms with E-state index in [1.807, 2.05) is 29.6 Å². The zero-order valence-electron chi connectivity index (χ0n) is 9.52. The number of aliphatic hydroxyl groups excluding tert-OH is 1. The van der Waals surface area contributed by atoms with Crippen LogP contribution in [0.5, 0.6) is 5.75 Å². The first-order chi connectivity index (χ1) is 8.78. The lowest BCUT2D eigenvalue weighted by atomic mass is 10.3. The smallest absolute Gasteiger partial charge is 0.122 e. The van der Waals surface area contributed by atoms with Crippen LogP contribution >= 0.6 is 22.9 Å². The van der Waals surface area contributed by atoms with E-state index in [9.17, 15) is 0 Å². The monoisotopic (exact) mass is 278 g/mol. The third kappa shape index (κ3) is 3.78. The van der Waals surface area contributed by atoms with Gasteiger partial charge in [-0.15, -0.1) is 11.3 Å². The Morgan fingerprint density at radius 2 is 2.22 bits per heavy atom. The van der Waals surface area contributed by atoms with Crippen LogP contribution in [0.2, 0.25) is 5.02 Å². The molecular formula is C14H11ClO2S. The van der Waals surface area contributed by atoms with Gasteiger partial charge in [0.1, 0.15) is 19.0 Å². The van der Waals surface area contributed by atoms with Gasteiger partial charge in [-0.2, -0.15) is 0 Å². The molecule has 2 aromatic rings. The van der Waals surface area contributed by atoms with Crippen LogP contribution in [0.3, 0.4) is 0 Å². The summed E-state index contributed by atoms with van der Waals surface area (Å²) in [6.45, 7) is 0.371. The van der Waals surface area contributed by atoms with Gasteiger partial charge in [0.25, 0.3) is 0 Å². The molecule has 1 heterocycles. The lowest BCUT2D eigenvalue weighted by Gasteiger charge is -2.04. The van der Waals surface area contributed by atoms with Crippen molar-refractivity contribution in [2.75, 3.05) is 6.61 Å². The summed E-state index contributed by atoms with van der Waals surface area (Å²) in [6, 6.07) is 9.26. The van der Waals surface area contributed by atoms with Crippen molar-refractivity contribution in [2.24, 2.45) is 0 Å². The Morgan fingerprint density at radius 3 is 3.00 bits per heavy atom. The molecule has 0 saturated heterocycles. The largest absolute Gasteiger partial charge is 0.488 e. The summed E-state index contributed by atoms with van der Waals surface area (Å²) in [4.78, 5) is 1.08. The number of halogens is 1. The van der Waals surface area contributed by atoms with E-state index in [4.69, 9.17) is 21.4 Å². The van der Waals surface area contributed by atoms with Gasteiger partial charge in [0, 0.05) is 20.8 Å². The lowest BCUT2D eigenvalue weighted by molar-refractivity contribution is 0.310. The van der Waals surface area contributed by atoms with E-state index in [1.165, 1.54) is 0 Å². The van der Waals surface area contributed by atoms with Crippen LogP contribution in [-0.2, 0) is 6.61 Å². The summed E-state index contributed by atoms with van der Waals surface area (Å²) < 4.78 is 5.62. The zero-order chi connectivity index (χ0) is 12.8. The zero-order valence-corrected chi connectivity index (χ0v) is 11.1. The predicted molar refractivity (Wildman–Crippen MR) is 74.1 cm³/mol. The van der Waals surface area contributed by atoms with E-state index in [2.05, 4.69) is 11.8 Å². The first-order valence-corrected chi connectivity index (χ1v) is 6.59. The summed E-state index contributed by atoms with van der Waals surface area (Å²) in [6.07, 6.45) is 0. The molecule has 0 atom stereocenters. The van der Waals surface area contributed by atoms with Crippen LogP contribution in [0.25, 0.3) is 0 Å². The van der Waals surface area contributed by atoms with Gasteiger partial charge in [-0.3, -0.25) is 0 Å². The van der Waals surface area contributed by atoms with Crippen molar-refractivity contribution in [3.8, 4) is 17.6 Å². The van der Waals surface area contributed by atoms with Gasteiger partial charge in [-0.05, 0) is 24.3 Å². The first-order valence-electron chi connectivity index (χ1n) is 5.33. The molecule has 4 heteroatoms. The first kappa shape index (κ1) is 13.0. The van der Waals surface area contributed by atoms with Crippen molar-refractivity contribution in [1.29, 1.82) is 0 Å². The highest BCUT2D eigenvalue weighted by Crippen LogP contribution is 2.20. The van der Waals surface area contributed by atoms with Crippen molar-refractivity contribution in [2.45, 2.75) is 6.61 Å². The molecule has 0 unspecified atom stereocenters. The van der Waals surface area contributed by atoms with E-state index < -0.39 is 0 Å². The molecule has 0 aliphatic carbocycles. The number of rotatable bonds is 3. The topological polar surface area (TPSA) is 29.5 Å². The van der Waals surface area contributed by atoms with Gasteiger partial charge in [-0.1, -0.05) is 29.5 Å². The highest BCUT2D eigenvalue weighted by Gasteiger charge is 2.00. The van der Waals surface area contributed by atoms with Gasteiger partial charge in [0.2, 0.25) is 0 Å². The summed E-state index contributed by atoms with van der Waals surface area (Å²) in [5.41, 5.74) is 0.902. The van der Waals surface area contributed by atoms with Crippen LogP contribution in [-0.4, -0.2) is 11.7 Å². The number of thiophene rings is 1. The molecule has 18 heavy (non-hydrogen) atoms. The van der Waals surface area contributed by atoms with Crippen molar-refractivity contribution in [3.63, 3.8) is 0 Å². The molecular weight excluding hydrogens is 268 g/mol. The quantitative estimate of drug-likeness (QED) is 0.873. The van der Waals surface area contributed by atoms with E-state index >= 15 is 0 Å². The van der Waals surface area contributed by atoms with Crippen LogP contribution in [0.1, 0.15) is 10.4 Å². The third-order valence-electron chi connectivity index (χ3n) is 2.14. The number of hydrogen-bond donors (Lipinski definition) is 1. The van der Waals surface area contributed by atoms with Crippen LogP contribution in [0.15, 0.2) is 35.7 Å². The Bertz CT molecular complexity index is 581. The molecule has 0 fully saturated rings. The second-order valence-corrected chi connectivity index (χ2v) is 4.94. The number of aliphatic hydroxyl groups is 1. The van der Waals surface area contributed by atoms with E-state index in [0.717, 1.165) is 16.2 Å². The number of hydrogen-bond acceptors (Lipinski definition) is 3. The third-order valence-corrected chi connectivity index (χ3v) is 3.29. The fourth-order valence-corrected chi connectivity index (χ4v) is 2.28. The Morgan fingerprint density at radius 1 is 1.33 bits per heavy atom. The fourth-order valence-electron chi connectivity index (χ4n) is 1.37. The molecule has 0 radical (unpaired) electrons. The highest BCUT2D eigenvalue weighted by molar-refractivity contribution is 7.10. The Labute approximate surface area is 115 Å². The van der Waals surface area contributed by atoms with Gasteiger partial charge < -0.3 is 9.84 Å². The van der Waals surface area contributed by atoms with E-state index in [1.54, 1.807) is 17.4 Å². The Balaban J connectivity index is 1.96. The maximum Gasteiger partial charge on any atom is 0.122 e. The predicted octanol–water partition coefficient (Wildman–Crippen LogP) is 3.32. The molecule has 2 nitrogen and oxygen atoms in total. The minimum Gasteiger partial charge on any atom is -0.488 e. The second kappa shape index (κ2) is 6.46. The average molecular weight is 279 g/mol. The SMILES string of the molecule is OCC#Cc1csc(COc2cccc(Cl)c2)c1. The van der Waals surface area contributed by atoms with Gasteiger partial charge in [0.15, 0.2) is 0 Å². The molecule has 0 amide bonds. The molecule has 92 valence electrons. The molecule has 1 N–H and O–H groups in total. The van der Waals surface area contributed by atoms with Gasteiger partial charge in [-0.25, -0.2) is 0 Å². The van der Waals surface area contributed by atoms with E-state index in [-0.39, 0.29) is 6.61 Å². The maximum absolute atomic E-state index is 8.61. The van der Waals surface area contributed by atoms with Crippen molar-refractivity contribution in [1.82, 2.24) is 0 Å². The summed E-state index contributed by atoms with van der Waals surface area (Å²) in [5.74, 6) is 6.22. The number of ether oxygens (including phenoxy) is 1. The normalized spacial score (nSPS) is 9.67. The fraction of sp³-hybridized carbons (Fsp3) is 0.143. The van der Waals surface area contributed by atoms with Crippen molar-refractivity contribution < 1.29 is 9.84 Å². The van der Waals surface area contributed by atoms with Crippen molar-refractivity contribution >= 4 is 22.9 Å². The maximum atomic E-state index is 8.61. The molecule has 2 rings (SSSR count). The highest BCUT2D eigenvalue weighted by atomic mass is 35.5. The Hall–Kier alpha value is -1.47. The lowest BCUT2D eigenvalue weighted by Crippen LogP contribution is -1.92. The van der Waals surface area contributed by atoms with Gasteiger partial charge in [0.05, 0.1) is 0 Å². The molecule has 0 saturated carbocycles. The molecule has 0 bridgehead atoms. The molecule has 0 spiro atoms. The van der Waals surface area contributed by atoms with E-state index in [0.29, 0.717) is 11.6 Å². The van der Waals surface area contributed by atoms with Crippen LogP contribution < -0.4 is 4.74 Å². The minimum atomic E-state index is -0.121. The minimum absolute atomic E-state index is 0.121. The molecule has 1 aromatic carbocycles. The summed E-state index contributed by atoms with van der Waals surface area (Å²) in [5, 5.41) is 11.2. The second-order valence-electron chi connectivity index (χ2n) is 3.51. The molecule has 0 aliphatic heterocycles. The average Bonchev–Trinajstić information content (AvgIpc) is 2.82. The summed E-state index contributed by atoms with van der Waals surface area (Å²) >= 11 is 7.45. The van der Waals surface area contributed by atoms with Gasteiger partial charge >= 0.3 is 0 Å². The van der Waals surface area contributed by atoms with Crippen LogP contribution in [0.4, 0.5) is 0 Å². The summed E-state index contributed by atoms with van der Waals surface area (Å²) in [7, 11) is 0. The Kier molecular flexibility index (Phi) is 4.66.